The van der Waals surface area contributed by atoms with Crippen LogP contribution in [0.3, 0.4) is 0 Å². The molecular weight excluding hydrogens is 226 g/mol. The van der Waals surface area contributed by atoms with E-state index in [-0.39, 0.29) is 6.03 Å². The summed E-state index contributed by atoms with van der Waals surface area (Å²) in [6, 6.07) is 0.925. The van der Waals surface area contributed by atoms with Gasteiger partial charge in [-0.2, -0.15) is 0 Å². The lowest BCUT2D eigenvalue weighted by atomic mass is 9.99. The standard InChI is InChI=1S/C14H27N3O/c1-12-4-8-16(9-5-12)14(18)17-10-6-13(7-11-17)15(2)3/h12-13H,4-11H2,1-3H3. The molecule has 0 aromatic carbocycles. The molecule has 0 unspecified atom stereocenters. The summed E-state index contributed by atoms with van der Waals surface area (Å²) in [6.07, 6.45) is 4.56. The third-order valence-corrected chi connectivity index (χ3v) is 4.52. The number of likely N-dealkylation sites (tertiary alicyclic amines) is 2. The van der Waals surface area contributed by atoms with E-state index in [4.69, 9.17) is 0 Å². The second-order valence-electron chi connectivity index (χ2n) is 6.13. The molecule has 0 N–H and O–H groups in total. The lowest BCUT2D eigenvalue weighted by molar-refractivity contribution is 0.108. The molecule has 4 heteroatoms. The Bertz CT molecular complexity index is 277. The fourth-order valence-corrected chi connectivity index (χ4v) is 2.97. The Labute approximate surface area is 111 Å². The van der Waals surface area contributed by atoms with Crippen molar-refractivity contribution in [3.63, 3.8) is 0 Å². The molecule has 4 nitrogen and oxygen atoms in total. The van der Waals surface area contributed by atoms with Gasteiger partial charge in [-0.25, -0.2) is 4.79 Å². The van der Waals surface area contributed by atoms with Crippen molar-refractivity contribution in [3.05, 3.63) is 0 Å². The summed E-state index contributed by atoms with van der Waals surface area (Å²) in [5.41, 5.74) is 0. The zero-order valence-electron chi connectivity index (χ0n) is 12.1. The molecule has 2 rings (SSSR count). The number of hydrogen-bond donors (Lipinski definition) is 0. The summed E-state index contributed by atoms with van der Waals surface area (Å²) in [6.45, 7) is 6.03. The zero-order chi connectivity index (χ0) is 13.1. The number of rotatable bonds is 1. The minimum absolute atomic E-state index is 0.277. The van der Waals surface area contributed by atoms with Gasteiger partial charge < -0.3 is 14.7 Å². The number of amides is 2. The van der Waals surface area contributed by atoms with Crippen LogP contribution in [0, 0.1) is 5.92 Å². The molecule has 2 heterocycles. The predicted molar refractivity (Wildman–Crippen MR) is 73.6 cm³/mol. The van der Waals surface area contributed by atoms with Crippen LogP contribution in [-0.4, -0.2) is 67.0 Å². The Morgan fingerprint density at radius 2 is 1.39 bits per heavy atom. The van der Waals surface area contributed by atoms with Gasteiger partial charge in [0, 0.05) is 32.2 Å². The van der Waals surface area contributed by atoms with Crippen LogP contribution in [0.25, 0.3) is 0 Å². The van der Waals surface area contributed by atoms with Gasteiger partial charge in [0.25, 0.3) is 0 Å². The molecule has 0 radical (unpaired) electrons. The van der Waals surface area contributed by atoms with Gasteiger partial charge in [-0.1, -0.05) is 6.92 Å². The first kappa shape index (κ1) is 13.7. The van der Waals surface area contributed by atoms with Crippen LogP contribution in [0.5, 0.6) is 0 Å². The minimum atomic E-state index is 0.277. The van der Waals surface area contributed by atoms with Crippen LogP contribution >= 0.6 is 0 Å². The van der Waals surface area contributed by atoms with Crippen molar-refractivity contribution in [3.8, 4) is 0 Å². The van der Waals surface area contributed by atoms with Crippen molar-refractivity contribution in [2.45, 2.75) is 38.6 Å². The third-order valence-electron chi connectivity index (χ3n) is 4.52. The molecule has 2 aliphatic rings. The van der Waals surface area contributed by atoms with Crippen molar-refractivity contribution in [1.29, 1.82) is 0 Å². The van der Waals surface area contributed by atoms with Gasteiger partial charge in [0.15, 0.2) is 0 Å². The zero-order valence-corrected chi connectivity index (χ0v) is 12.1. The maximum atomic E-state index is 12.4. The summed E-state index contributed by atoms with van der Waals surface area (Å²) in [7, 11) is 4.27. The van der Waals surface area contributed by atoms with Crippen molar-refractivity contribution < 1.29 is 4.79 Å². The molecule has 2 fully saturated rings. The van der Waals surface area contributed by atoms with Crippen LogP contribution < -0.4 is 0 Å². The van der Waals surface area contributed by atoms with Crippen LogP contribution in [0.15, 0.2) is 0 Å². The van der Waals surface area contributed by atoms with E-state index in [2.05, 4.69) is 35.7 Å². The summed E-state index contributed by atoms with van der Waals surface area (Å²) in [5, 5.41) is 0. The van der Waals surface area contributed by atoms with E-state index in [1.165, 1.54) is 12.8 Å². The van der Waals surface area contributed by atoms with Crippen LogP contribution in [0.2, 0.25) is 0 Å². The SMILES string of the molecule is CC1CCN(C(=O)N2CCC(N(C)C)CC2)CC1. The Hall–Kier alpha value is -0.770. The van der Waals surface area contributed by atoms with Crippen molar-refractivity contribution >= 4 is 6.03 Å². The first-order chi connectivity index (χ1) is 8.58. The van der Waals surface area contributed by atoms with E-state index < -0.39 is 0 Å². The highest BCUT2D eigenvalue weighted by Crippen LogP contribution is 2.20. The molecule has 0 aliphatic carbocycles. The second kappa shape index (κ2) is 5.91. The van der Waals surface area contributed by atoms with Crippen LogP contribution in [0.1, 0.15) is 32.6 Å². The van der Waals surface area contributed by atoms with Crippen molar-refractivity contribution in [2.24, 2.45) is 5.92 Å². The predicted octanol–water partition coefficient (Wildman–Crippen LogP) is 1.86. The summed E-state index contributed by atoms with van der Waals surface area (Å²) < 4.78 is 0. The van der Waals surface area contributed by atoms with Gasteiger partial charge in [-0.05, 0) is 45.7 Å². The summed E-state index contributed by atoms with van der Waals surface area (Å²) in [4.78, 5) is 18.8. The van der Waals surface area contributed by atoms with E-state index in [9.17, 15) is 4.79 Å². The fourth-order valence-electron chi connectivity index (χ4n) is 2.97. The average molecular weight is 253 g/mol. The molecule has 0 aromatic heterocycles. The van der Waals surface area contributed by atoms with Crippen molar-refractivity contribution in [2.75, 3.05) is 40.3 Å². The van der Waals surface area contributed by atoms with Gasteiger partial charge in [0.2, 0.25) is 0 Å². The molecule has 0 bridgehead atoms. The molecule has 18 heavy (non-hydrogen) atoms. The van der Waals surface area contributed by atoms with Gasteiger partial charge in [0.1, 0.15) is 0 Å². The second-order valence-corrected chi connectivity index (χ2v) is 6.13. The van der Waals surface area contributed by atoms with Gasteiger partial charge in [-0.15, -0.1) is 0 Å². The monoisotopic (exact) mass is 253 g/mol. The Morgan fingerprint density at radius 3 is 1.83 bits per heavy atom. The number of hydrogen-bond acceptors (Lipinski definition) is 2. The third kappa shape index (κ3) is 3.16. The average Bonchev–Trinajstić information content (AvgIpc) is 2.39. The van der Waals surface area contributed by atoms with Gasteiger partial charge in [0.05, 0.1) is 0 Å². The molecule has 0 saturated carbocycles. The lowest BCUT2D eigenvalue weighted by Gasteiger charge is -2.39. The molecule has 2 aliphatic heterocycles. The first-order valence-electron chi connectivity index (χ1n) is 7.28. The molecule has 2 saturated heterocycles. The molecule has 0 spiro atoms. The quantitative estimate of drug-likeness (QED) is 0.713. The van der Waals surface area contributed by atoms with Crippen LogP contribution in [0.4, 0.5) is 4.79 Å². The number of piperidine rings is 2. The molecule has 0 aromatic rings. The largest absolute Gasteiger partial charge is 0.325 e. The minimum Gasteiger partial charge on any atom is -0.325 e. The number of nitrogens with zero attached hydrogens (tertiary/aromatic N) is 3. The number of urea groups is 1. The van der Waals surface area contributed by atoms with E-state index in [1.807, 2.05) is 0 Å². The Kier molecular flexibility index (Phi) is 4.49. The molecule has 2 amide bonds. The highest BCUT2D eigenvalue weighted by Gasteiger charge is 2.28. The van der Waals surface area contributed by atoms with E-state index in [1.54, 1.807) is 0 Å². The maximum Gasteiger partial charge on any atom is 0.319 e. The summed E-state index contributed by atoms with van der Waals surface area (Å²) in [5.74, 6) is 0.786. The Balaban J connectivity index is 1.80. The Morgan fingerprint density at radius 1 is 0.944 bits per heavy atom. The van der Waals surface area contributed by atoms with Crippen LogP contribution in [-0.2, 0) is 0 Å². The fraction of sp³-hybridized carbons (Fsp3) is 0.929. The van der Waals surface area contributed by atoms with Gasteiger partial charge in [-0.3, -0.25) is 0 Å². The highest BCUT2D eigenvalue weighted by molar-refractivity contribution is 5.74. The number of carbonyl (C=O) groups excluding carboxylic acids is 1. The van der Waals surface area contributed by atoms with E-state index in [0.29, 0.717) is 6.04 Å². The summed E-state index contributed by atoms with van der Waals surface area (Å²) >= 11 is 0. The normalized spacial score (nSPS) is 23.8. The maximum absolute atomic E-state index is 12.4. The molecule has 0 atom stereocenters. The smallest absolute Gasteiger partial charge is 0.319 e. The lowest BCUT2D eigenvalue weighted by Crippen LogP contribution is -2.51. The highest BCUT2D eigenvalue weighted by atomic mass is 16.2. The number of carbonyl (C=O) groups is 1. The van der Waals surface area contributed by atoms with E-state index in [0.717, 1.165) is 44.9 Å². The molecular formula is C14H27N3O. The van der Waals surface area contributed by atoms with E-state index >= 15 is 0 Å². The topological polar surface area (TPSA) is 26.8 Å². The first-order valence-corrected chi connectivity index (χ1v) is 7.28. The van der Waals surface area contributed by atoms with Crippen molar-refractivity contribution in [1.82, 2.24) is 14.7 Å². The molecule has 104 valence electrons. The van der Waals surface area contributed by atoms with Gasteiger partial charge >= 0.3 is 6.03 Å².